The summed E-state index contributed by atoms with van der Waals surface area (Å²) in [5.41, 5.74) is 0.396. The van der Waals surface area contributed by atoms with Crippen LogP contribution >= 0.6 is 0 Å². The van der Waals surface area contributed by atoms with Crippen molar-refractivity contribution in [2.75, 3.05) is 0 Å². The van der Waals surface area contributed by atoms with Crippen molar-refractivity contribution in [3.05, 3.63) is 45.2 Å². The molecule has 2 nitrogen and oxygen atoms in total. The normalized spacial score (nSPS) is 21.9. The molecule has 0 spiro atoms. The zero-order chi connectivity index (χ0) is 13.9. The first-order valence-corrected chi connectivity index (χ1v) is 6.06. The molecular formula is C14H12F3NO. The van der Waals surface area contributed by atoms with Crippen molar-refractivity contribution in [2.24, 2.45) is 0 Å². The Morgan fingerprint density at radius 3 is 2.53 bits per heavy atom. The Bertz CT molecular complexity index is 751. The molecule has 1 aliphatic rings. The van der Waals surface area contributed by atoms with E-state index in [4.69, 9.17) is 0 Å². The second-order valence-corrected chi connectivity index (χ2v) is 5.06. The average Bonchev–Trinajstić information content (AvgIpc) is 3.08. The number of fused-ring (bicyclic) bond motifs is 1. The first-order chi connectivity index (χ1) is 8.91. The van der Waals surface area contributed by atoms with Crippen molar-refractivity contribution >= 4 is 10.9 Å². The molecular weight excluding hydrogens is 255 g/mol. The molecule has 1 saturated carbocycles. The summed E-state index contributed by atoms with van der Waals surface area (Å²) in [7, 11) is 0. The third-order valence-electron chi connectivity index (χ3n) is 3.65. The quantitative estimate of drug-likeness (QED) is 0.777. The van der Waals surface area contributed by atoms with Gasteiger partial charge in [-0.1, -0.05) is 0 Å². The van der Waals surface area contributed by atoms with Gasteiger partial charge in [-0.25, -0.2) is 13.2 Å². The van der Waals surface area contributed by atoms with E-state index in [0.29, 0.717) is 17.5 Å². The molecule has 0 saturated heterocycles. The molecule has 1 aliphatic carbocycles. The molecule has 1 fully saturated rings. The van der Waals surface area contributed by atoms with Crippen LogP contribution in [0.15, 0.2) is 17.1 Å². The van der Waals surface area contributed by atoms with Crippen LogP contribution in [-0.2, 0) is 0 Å². The van der Waals surface area contributed by atoms with Crippen molar-refractivity contribution in [1.82, 2.24) is 4.57 Å². The predicted octanol–water partition coefficient (Wildman–Crippen LogP) is 3.18. The van der Waals surface area contributed by atoms with Gasteiger partial charge in [0, 0.05) is 29.1 Å². The van der Waals surface area contributed by atoms with Crippen LogP contribution in [0, 0.1) is 25.5 Å². The van der Waals surface area contributed by atoms with Gasteiger partial charge >= 0.3 is 0 Å². The number of rotatable bonds is 1. The highest BCUT2D eigenvalue weighted by Gasteiger charge is 2.40. The van der Waals surface area contributed by atoms with Gasteiger partial charge in [-0.15, -0.1) is 0 Å². The van der Waals surface area contributed by atoms with Crippen LogP contribution in [0.2, 0.25) is 0 Å². The zero-order valence-electron chi connectivity index (χ0n) is 10.5. The second kappa shape index (κ2) is 3.85. The predicted molar refractivity (Wildman–Crippen MR) is 66.1 cm³/mol. The van der Waals surface area contributed by atoms with Crippen LogP contribution in [0.1, 0.15) is 23.6 Å². The molecule has 0 radical (unpaired) electrons. The van der Waals surface area contributed by atoms with Crippen molar-refractivity contribution < 1.29 is 13.2 Å². The number of aryl methyl sites for hydroxylation is 2. The van der Waals surface area contributed by atoms with E-state index in [9.17, 15) is 18.0 Å². The Kier molecular flexibility index (Phi) is 2.49. The number of alkyl halides is 1. The summed E-state index contributed by atoms with van der Waals surface area (Å²) in [5, 5.41) is 0.107. The Balaban J connectivity index is 2.47. The molecule has 1 aromatic heterocycles. The highest BCUT2D eigenvalue weighted by atomic mass is 19.2. The SMILES string of the molecule is Cc1cn([C@@H]2C[C@@H]2F)c2c(C)c(F)c(F)cc2c1=O. The number of aromatic nitrogens is 1. The highest BCUT2D eigenvalue weighted by Crippen LogP contribution is 2.41. The summed E-state index contributed by atoms with van der Waals surface area (Å²) >= 11 is 0. The first-order valence-electron chi connectivity index (χ1n) is 6.06. The van der Waals surface area contributed by atoms with E-state index in [0.717, 1.165) is 6.07 Å². The van der Waals surface area contributed by atoms with Crippen molar-refractivity contribution in [2.45, 2.75) is 32.5 Å². The Morgan fingerprint density at radius 1 is 1.32 bits per heavy atom. The van der Waals surface area contributed by atoms with Gasteiger partial charge in [0.2, 0.25) is 0 Å². The Hall–Kier alpha value is -1.78. The van der Waals surface area contributed by atoms with Gasteiger partial charge in [0.05, 0.1) is 11.6 Å². The molecule has 2 aromatic rings. The number of hydrogen-bond donors (Lipinski definition) is 0. The fraction of sp³-hybridized carbons (Fsp3) is 0.357. The largest absolute Gasteiger partial charge is 0.341 e. The maximum Gasteiger partial charge on any atom is 0.192 e. The van der Waals surface area contributed by atoms with E-state index in [-0.39, 0.29) is 22.4 Å². The summed E-state index contributed by atoms with van der Waals surface area (Å²) in [4.78, 5) is 12.0. The lowest BCUT2D eigenvalue weighted by atomic mass is 10.1. The van der Waals surface area contributed by atoms with Crippen LogP contribution in [0.5, 0.6) is 0 Å². The summed E-state index contributed by atoms with van der Waals surface area (Å²) in [6, 6.07) is 0.518. The molecule has 2 atom stereocenters. The molecule has 5 heteroatoms. The molecule has 3 rings (SSSR count). The third kappa shape index (κ3) is 1.68. The second-order valence-electron chi connectivity index (χ2n) is 5.06. The van der Waals surface area contributed by atoms with Crippen LogP contribution < -0.4 is 5.43 Å². The van der Waals surface area contributed by atoms with Crippen molar-refractivity contribution in [3.63, 3.8) is 0 Å². The summed E-state index contributed by atoms with van der Waals surface area (Å²) in [6.07, 6.45) is 0.882. The van der Waals surface area contributed by atoms with Gasteiger partial charge in [-0.2, -0.15) is 0 Å². The van der Waals surface area contributed by atoms with Gasteiger partial charge in [0.15, 0.2) is 17.1 Å². The van der Waals surface area contributed by atoms with Crippen LogP contribution in [0.25, 0.3) is 10.9 Å². The van der Waals surface area contributed by atoms with E-state index in [1.165, 1.54) is 13.1 Å². The molecule has 1 aromatic carbocycles. The van der Waals surface area contributed by atoms with Gasteiger partial charge < -0.3 is 4.57 Å². The number of hydrogen-bond acceptors (Lipinski definition) is 1. The Labute approximate surface area is 107 Å². The minimum Gasteiger partial charge on any atom is -0.341 e. The van der Waals surface area contributed by atoms with Crippen LogP contribution in [0.3, 0.4) is 0 Å². The lowest BCUT2D eigenvalue weighted by Crippen LogP contribution is -2.14. The molecule has 0 amide bonds. The van der Waals surface area contributed by atoms with E-state index in [1.807, 2.05) is 0 Å². The van der Waals surface area contributed by atoms with Gasteiger partial charge in [0.1, 0.15) is 6.17 Å². The maximum absolute atomic E-state index is 13.7. The minimum absolute atomic E-state index is 0.0474. The van der Waals surface area contributed by atoms with E-state index in [1.54, 1.807) is 11.5 Å². The van der Waals surface area contributed by atoms with E-state index >= 15 is 0 Å². The molecule has 0 bridgehead atoms. The molecule has 0 aliphatic heterocycles. The number of benzene rings is 1. The zero-order valence-corrected chi connectivity index (χ0v) is 10.5. The lowest BCUT2D eigenvalue weighted by Gasteiger charge is -2.14. The minimum atomic E-state index is -1.05. The number of nitrogens with zero attached hydrogens (tertiary/aromatic N) is 1. The van der Waals surface area contributed by atoms with Crippen LogP contribution in [-0.4, -0.2) is 10.7 Å². The summed E-state index contributed by atoms with van der Waals surface area (Å²) in [5.74, 6) is -2.03. The standard InChI is InChI=1S/C14H12F3NO/c1-6-5-18(11-4-9(11)15)13-7(2)12(17)10(16)3-8(13)14(6)19/h3,5,9,11H,4H2,1-2H3/t9-,11+/m0/s1. The fourth-order valence-corrected chi connectivity index (χ4v) is 2.50. The topological polar surface area (TPSA) is 22.0 Å². The molecule has 0 unspecified atom stereocenters. The smallest absolute Gasteiger partial charge is 0.192 e. The number of halogens is 3. The summed E-state index contributed by atoms with van der Waals surface area (Å²) in [6.45, 7) is 2.99. The Morgan fingerprint density at radius 2 is 1.95 bits per heavy atom. The van der Waals surface area contributed by atoms with Gasteiger partial charge in [-0.05, 0) is 19.9 Å². The summed E-state index contributed by atoms with van der Waals surface area (Å²) < 4.78 is 41.9. The molecule has 1 heterocycles. The monoisotopic (exact) mass is 267 g/mol. The van der Waals surface area contributed by atoms with Gasteiger partial charge in [-0.3, -0.25) is 4.79 Å². The van der Waals surface area contributed by atoms with Gasteiger partial charge in [0.25, 0.3) is 0 Å². The van der Waals surface area contributed by atoms with E-state index in [2.05, 4.69) is 0 Å². The third-order valence-corrected chi connectivity index (χ3v) is 3.65. The maximum atomic E-state index is 13.7. The average molecular weight is 267 g/mol. The molecule has 0 N–H and O–H groups in total. The van der Waals surface area contributed by atoms with Crippen molar-refractivity contribution in [3.8, 4) is 0 Å². The first kappa shape index (κ1) is 12.3. The van der Waals surface area contributed by atoms with E-state index < -0.39 is 17.8 Å². The van der Waals surface area contributed by atoms with Crippen LogP contribution in [0.4, 0.5) is 13.2 Å². The molecule has 100 valence electrons. The lowest BCUT2D eigenvalue weighted by molar-refractivity contribution is 0.443. The fourth-order valence-electron chi connectivity index (χ4n) is 2.50. The molecule has 19 heavy (non-hydrogen) atoms. The highest BCUT2D eigenvalue weighted by molar-refractivity contribution is 5.83. The van der Waals surface area contributed by atoms with Crippen molar-refractivity contribution in [1.29, 1.82) is 0 Å². The number of pyridine rings is 1.